The van der Waals surface area contributed by atoms with Crippen LogP contribution in [0.3, 0.4) is 0 Å². The van der Waals surface area contributed by atoms with Crippen LogP contribution in [0.15, 0.2) is 53.6 Å². The third-order valence-corrected chi connectivity index (χ3v) is 3.59. The second-order valence-corrected chi connectivity index (χ2v) is 5.90. The highest BCUT2D eigenvalue weighted by molar-refractivity contribution is 7.80. The maximum Gasteiger partial charge on any atom is 0.336 e. The Morgan fingerprint density at radius 1 is 1.17 bits per heavy atom. The van der Waals surface area contributed by atoms with Crippen molar-refractivity contribution >= 4 is 35.2 Å². The summed E-state index contributed by atoms with van der Waals surface area (Å²) in [6.07, 6.45) is 1.43. The van der Waals surface area contributed by atoms with Crippen molar-refractivity contribution in [1.82, 2.24) is 5.43 Å². The molecule has 0 aromatic heterocycles. The van der Waals surface area contributed by atoms with Crippen LogP contribution < -0.4 is 10.7 Å². The number of carboxylic acids is 1. The molecule has 2 aromatic carbocycles. The number of anilines is 1. The molecule has 0 saturated carbocycles. The smallest absolute Gasteiger partial charge is 0.336 e. The maximum absolute atomic E-state index is 11.1. The van der Waals surface area contributed by atoms with Crippen LogP contribution in [-0.2, 0) is 0 Å². The fourth-order valence-corrected chi connectivity index (χ4v) is 2.25. The normalized spacial score (nSPS) is 10.8. The zero-order valence-electron chi connectivity index (χ0n) is 13.5. The summed E-state index contributed by atoms with van der Waals surface area (Å²) in [6, 6.07) is 14.6. The van der Waals surface area contributed by atoms with Crippen LogP contribution in [0.1, 0.15) is 41.3 Å². The lowest BCUT2D eigenvalue weighted by molar-refractivity contribution is 0.0697. The molecule has 0 atom stereocenters. The number of hydrogen-bond donors (Lipinski definition) is 3. The molecule has 0 aliphatic heterocycles. The van der Waals surface area contributed by atoms with E-state index in [1.54, 1.807) is 18.2 Å². The van der Waals surface area contributed by atoms with Gasteiger partial charge >= 0.3 is 5.97 Å². The van der Waals surface area contributed by atoms with Crippen LogP contribution in [0.5, 0.6) is 0 Å². The minimum atomic E-state index is -0.997. The Labute approximate surface area is 146 Å². The van der Waals surface area contributed by atoms with Crippen molar-refractivity contribution < 1.29 is 9.90 Å². The molecule has 0 amide bonds. The molecule has 24 heavy (non-hydrogen) atoms. The number of benzene rings is 2. The van der Waals surface area contributed by atoms with Gasteiger partial charge in [-0.15, -0.1) is 0 Å². The van der Waals surface area contributed by atoms with Crippen molar-refractivity contribution in [2.75, 3.05) is 5.32 Å². The summed E-state index contributed by atoms with van der Waals surface area (Å²) in [5.74, 6) is -0.522. The van der Waals surface area contributed by atoms with Crippen molar-refractivity contribution in [2.45, 2.75) is 19.8 Å². The van der Waals surface area contributed by atoms with Crippen LogP contribution in [0.25, 0.3) is 0 Å². The Morgan fingerprint density at radius 3 is 2.46 bits per heavy atom. The van der Waals surface area contributed by atoms with Gasteiger partial charge in [0.1, 0.15) is 0 Å². The van der Waals surface area contributed by atoms with Crippen LogP contribution in [0.2, 0.25) is 0 Å². The average molecular weight is 341 g/mol. The van der Waals surface area contributed by atoms with Gasteiger partial charge in [-0.3, -0.25) is 5.43 Å². The molecule has 6 heteroatoms. The van der Waals surface area contributed by atoms with Crippen LogP contribution in [0, 0.1) is 0 Å². The van der Waals surface area contributed by atoms with Crippen molar-refractivity contribution in [3.8, 4) is 0 Å². The number of rotatable bonds is 5. The number of aromatic carboxylic acids is 1. The molecule has 2 aromatic rings. The summed E-state index contributed by atoms with van der Waals surface area (Å²) in [6.45, 7) is 4.27. The SMILES string of the molecule is CC(C)c1ccc(NC(=S)N/N=C/c2ccccc2C(=O)O)cc1. The van der Waals surface area contributed by atoms with E-state index in [0.717, 1.165) is 5.69 Å². The Balaban J connectivity index is 1.95. The fourth-order valence-electron chi connectivity index (χ4n) is 2.08. The van der Waals surface area contributed by atoms with Crippen molar-refractivity contribution in [3.63, 3.8) is 0 Å². The van der Waals surface area contributed by atoms with Gasteiger partial charge in [0, 0.05) is 11.3 Å². The zero-order chi connectivity index (χ0) is 17.5. The van der Waals surface area contributed by atoms with Gasteiger partial charge < -0.3 is 10.4 Å². The van der Waals surface area contributed by atoms with E-state index in [1.807, 2.05) is 24.3 Å². The van der Waals surface area contributed by atoms with Crippen LogP contribution in [-0.4, -0.2) is 22.4 Å². The average Bonchev–Trinajstić information content (AvgIpc) is 2.55. The van der Waals surface area contributed by atoms with Gasteiger partial charge in [-0.1, -0.05) is 44.2 Å². The summed E-state index contributed by atoms with van der Waals surface area (Å²) in [5, 5.41) is 16.4. The predicted molar refractivity (Wildman–Crippen MR) is 101 cm³/mol. The Bertz CT molecular complexity index is 755. The number of hydrogen-bond acceptors (Lipinski definition) is 3. The zero-order valence-corrected chi connectivity index (χ0v) is 14.3. The van der Waals surface area contributed by atoms with Crippen molar-refractivity contribution in [1.29, 1.82) is 0 Å². The van der Waals surface area contributed by atoms with Crippen LogP contribution >= 0.6 is 12.2 Å². The highest BCUT2D eigenvalue weighted by atomic mass is 32.1. The number of nitrogens with one attached hydrogen (secondary N) is 2. The maximum atomic E-state index is 11.1. The summed E-state index contributed by atoms with van der Waals surface area (Å²) >= 11 is 5.17. The highest BCUT2D eigenvalue weighted by Crippen LogP contribution is 2.17. The van der Waals surface area contributed by atoms with E-state index in [1.165, 1.54) is 17.8 Å². The van der Waals surface area contributed by atoms with Gasteiger partial charge in [0.2, 0.25) is 0 Å². The molecule has 0 unspecified atom stereocenters. The summed E-state index contributed by atoms with van der Waals surface area (Å²) in [7, 11) is 0. The Morgan fingerprint density at radius 2 is 1.83 bits per heavy atom. The fraction of sp³-hybridized carbons (Fsp3) is 0.167. The first-order chi connectivity index (χ1) is 11.5. The second-order valence-electron chi connectivity index (χ2n) is 5.49. The number of thiocarbonyl (C=S) groups is 1. The van der Waals surface area contributed by atoms with Gasteiger partial charge in [0.05, 0.1) is 11.8 Å². The highest BCUT2D eigenvalue weighted by Gasteiger charge is 2.06. The lowest BCUT2D eigenvalue weighted by atomic mass is 10.0. The van der Waals surface area contributed by atoms with Gasteiger partial charge in [-0.25, -0.2) is 4.79 Å². The quantitative estimate of drug-likeness (QED) is 0.438. The Hall–Kier alpha value is -2.73. The molecule has 0 spiro atoms. The molecule has 0 fully saturated rings. The lowest BCUT2D eigenvalue weighted by Crippen LogP contribution is -2.23. The van der Waals surface area contributed by atoms with Crippen molar-refractivity contribution in [3.05, 3.63) is 65.2 Å². The molecular weight excluding hydrogens is 322 g/mol. The minimum absolute atomic E-state index is 0.186. The molecule has 0 radical (unpaired) electrons. The standard InChI is InChI=1S/C18H19N3O2S/c1-12(2)13-7-9-15(10-8-13)20-18(24)21-19-11-14-5-3-4-6-16(14)17(22)23/h3-12H,1-2H3,(H,22,23)(H2,20,21,24)/b19-11+. The molecular formula is C18H19N3O2S. The van der Waals surface area contributed by atoms with E-state index in [0.29, 0.717) is 16.6 Å². The van der Waals surface area contributed by atoms with Gasteiger partial charge in [0.25, 0.3) is 0 Å². The van der Waals surface area contributed by atoms with E-state index in [2.05, 4.69) is 29.7 Å². The molecule has 5 nitrogen and oxygen atoms in total. The molecule has 0 saturated heterocycles. The van der Waals surface area contributed by atoms with E-state index in [4.69, 9.17) is 17.3 Å². The van der Waals surface area contributed by atoms with Gasteiger partial charge in [-0.2, -0.15) is 5.10 Å². The number of carbonyl (C=O) groups is 1. The van der Waals surface area contributed by atoms with E-state index in [9.17, 15) is 4.79 Å². The lowest BCUT2D eigenvalue weighted by Gasteiger charge is -2.09. The Kier molecular flexibility index (Phi) is 6.03. The molecule has 0 aliphatic rings. The van der Waals surface area contributed by atoms with E-state index >= 15 is 0 Å². The monoisotopic (exact) mass is 341 g/mol. The van der Waals surface area contributed by atoms with Gasteiger partial charge in [0.15, 0.2) is 5.11 Å². The molecule has 0 bridgehead atoms. The number of hydrazone groups is 1. The van der Waals surface area contributed by atoms with E-state index < -0.39 is 5.97 Å². The first-order valence-corrected chi connectivity index (χ1v) is 7.90. The summed E-state index contributed by atoms with van der Waals surface area (Å²) in [4.78, 5) is 11.1. The van der Waals surface area contributed by atoms with Gasteiger partial charge in [-0.05, 0) is 41.9 Å². The third-order valence-electron chi connectivity index (χ3n) is 3.40. The van der Waals surface area contributed by atoms with Crippen molar-refractivity contribution in [2.24, 2.45) is 5.10 Å². The number of nitrogens with zero attached hydrogens (tertiary/aromatic N) is 1. The van der Waals surface area contributed by atoms with Crippen LogP contribution in [0.4, 0.5) is 5.69 Å². The summed E-state index contributed by atoms with van der Waals surface area (Å²) < 4.78 is 0. The third kappa shape index (κ3) is 4.89. The number of carboxylic acid groups (broad SMARTS) is 1. The molecule has 2 rings (SSSR count). The molecule has 0 aliphatic carbocycles. The molecule has 0 heterocycles. The molecule has 3 N–H and O–H groups in total. The second kappa shape index (κ2) is 8.21. The van der Waals surface area contributed by atoms with E-state index in [-0.39, 0.29) is 5.56 Å². The first kappa shape index (κ1) is 17.6. The predicted octanol–water partition coefficient (Wildman–Crippen LogP) is 3.83. The topological polar surface area (TPSA) is 73.7 Å². The minimum Gasteiger partial charge on any atom is -0.478 e. The first-order valence-electron chi connectivity index (χ1n) is 7.49. The summed E-state index contributed by atoms with van der Waals surface area (Å²) in [5.41, 5.74) is 5.48. The largest absolute Gasteiger partial charge is 0.478 e. The molecule has 124 valence electrons.